The predicted octanol–water partition coefficient (Wildman–Crippen LogP) is 1.26. The van der Waals surface area contributed by atoms with Crippen molar-refractivity contribution in [1.82, 2.24) is 9.78 Å². The second-order valence-electron chi connectivity index (χ2n) is 3.75. The number of carbonyl (C=O) groups is 1. The number of rotatable bonds is 3. The standard InChI is InChI=1S/C12H14N4O2/c1-16-10(5-6-14-16)12(17)15-8-3-4-11(18-2)9(13)7-8/h3-7H,13H2,1-2H3,(H,15,17). The van der Waals surface area contributed by atoms with Crippen LogP contribution in [0.2, 0.25) is 0 Å². The fraction of sp³-hybridized carbons (Fsp3) is 0.167. The summed E-state index contributed by atoms with van der Waals surface area (Å²) in [6.45, 7) is 0. The van der Waals surface area contributed by atoms with Crippen molar-refractivity contribution in [2.24, 2.45) is 7.05 Å². The van der Waals surface area contributed by atoms with Crippen LogP contribution < -0.4 is 15.8 Å². The number of hydrogen-bond acceptors (Lipinski definition) is 4. The number of nitrogens with zero attached hydrogens (tertiary/aromatic N) is 2. The van der Waals surface area contributed by atoms with Crippen LogP contribution >= 0.6 is 0 Å². The van der Waals surface area contributed by atoms with E-state index in [1.165, 1.54) is 4.68 Å². The van der Waals surface area contributed by atoms with E-state index in [2.05, 4.69) is 10.4 Å². The highest BCUT2D eigenvalue weighted by molar-refractivity contribution is 6.03. The van der Waals surface area contributed by atoms with Gasteiger partial charge in [0.15, 0.2) is 0 Å². The first-order valence-electron chi connectivity index (χ1n) is 5.34. The number of carbonyl (C=O) groups excluding carboxylic acids is 1. The van der Waals surface area contributed by atoms with Crippen LogP contribution in [0.3, 0.4) is 0 Å². The number of methoxy groups -OCH3 is 1. The summed E-state index contributed by atoms with van der Waals surface area (Å²) in [5.74, 6) is 0.341. The molecule has 0 saturated heterocycles. The fourth-order valence-electron chi connectivity index (χ4n) is 1.60. The molecule has 0 atom stereocenters. The molecule has 6 nitrogen and oxygen atoms in total. The van der Waals surface area contributed by atoms with Gasteiger partial charge in [0.05, 0.1) is 12.8 Å². The van der Waals surface area contributed by atoms with Crippen LogP contribution in [0.1, 0.15) is 10.5 Å². The topological polar surface area (TPSA) is 82.2 Å². The average molecular weight is 246 g/mol. The van der Waals surface area contributed by atoms with Crippen molar-refractivity contribution in [1.29, 1.82) is 0 Å². The highest BCUT2D eigenvalue weighted by atomic mass is 16.5. The molecule has 0 aliphatic rings. The van der Waals surface area contributed by atoms with Crippen LogP contribution in [-0.4, -0.2) is 22.8 Å². The van der Waals surface area contributed by atoms with Crippen molar-refractivity contribution in [3.05, 3.63) is 36.2 Å². The van der Waals surface area contributed by atoms with Crippen LogP contribution in [0.15, 0.2) is 30.5 Å². The maximum absolute atomic E-state index is 11.9. The molecule has 0 unspecified atom stereocenters. The summed E-state index contributed by atoms with van der Waals surface area (Å²) in [6, 6.07) is 6.72. The smallest absolute Gasteiger partial charge is 0.273 e. The van der Waals surface area contributed by atoms with Gasteiger partial charge in [-0.3, -0.25) is 9.48 Å². The van der Waals surface area contributed by atoms with Gasteiger partial charge in [0, 0.05) is 18.9 Å². The molecule has 0 bridgehead atoms. The Bertz CT molecular complexity index is 577. The van der Waals surface area contributed by atoms with E-state index in [4.69, 9.17) is 10.5 Å². The third kappa shape index (κ3) is 2.27. The Labute approximate surface area is 104 Å². The molecule has 2 aromatic rings. The molecule has 0 aliphatic heterocycles. The first kappa shape index (κ1) is 12.0. The van der Waals surface area contributed by atoms with Crippen LogP contribution in [-0.2, 0) is 7.05 Å². The second kappa shape index (κ2) is 4.79. The lowest BCUT2D eigenvalue weighted by Crippen LogP contribution is -2.16. The molecule has 94 valence electrons. The molecule has 2 rings (SSSR count). The van der Waals surface area contributed by atoms with Gasteiger partial charge in [0.1, 0.15) is 11.4 Å². The summed E-state index contributed by atoms with van der Waals surface area (Å²) in [5.41, 5.74) is 7.32. The zero-order valence-corrected chi connectivity index (χ0v) is 10.2. The molecule has 1 amide bonds. The van der Waals surface area contributed by atoms with Gasteiger partial charge in [-0.05, 0) is 24.3 Å². The number of aromatic nitrogens is 2. The quantitative estimate of drug-likeness (QED) is 0.799. The van der Waals surface area contributed by atoms with Crippen molar-refractivity contribution >= 4 is 17.3 Å². The molecule has 1 aromatic heterocycles. The fourth-order valence-corrected chi connectivity index (χ4v) is 1.60. The van der Waals surface area contributed by atoms with Gasteiger partial charge in [-0.1, -0.05) is 0 Å². The number of aryl methyl sites for hydroxylation is 1. The van der Waals surface area contributed by atoms with E-state index in [1.54, 1.807) is 44.6 Å². The number of nitrogens with one attached hydrogen (secondary N) is 1. The lowest BCUT2D eigenvalue weighted by atomic mass is 10.2. The molecule has 6 heteroatoms. The van der Waals surface area contributed by atoms with E-state index in [1.807, 2.05) is 0 Å². The maximum Gasteiger partial charge on any atom is 0.273 e. The number of amides is 1. The summed E-state index contributed by atoms with van der Waals surface area (Å²) >= 11 is 0. The minimum Gasteiger partial charge on any atom is -0.495 e. The molecule has 0 saturated carbocycles. The van der Waals surface area contributed by atoms with Crippen molar-refractivity contribution in [3.8, 4) is 5.75 Å². The molecular weight excluding hydrogens is 232 g/mol. The molecule has 0 aliphatic carbocycles. The molecular formula is C12H14N4O2. The van der Waals surface area contributed by atoms with E-state index < -0.39 is 0 Å². The predicted molar refractivity (Wildman–Crippen MR) is 68.6 cm³/mol. The van der Waals surface area contributed by atoms with E-state index in [0.717, 1.165) is 0 Å². The van der Waals surface area contributed by atoms with Crippen molar-refractivity contribution in [2.45, 2.75) is 0 Å². The lowest BCUT2D eigenvalue weighted by molar-refractivity contribution is 0.101. The largest absolute Gasteiger partial charge is 0.495 e. The van der Waals surface area contributed by atoms with Gasteiger partial charge in [-0.25, -0.2) is 0 Å². The summed E-state index contributed by atoms with van der Waals surface area (Å²) in [6.07, 6.45) is 1.57. The number of nitrogen functional groups attached to an aromatic ring is 1. The molecule has 0 radical (unpaired) electrons. The first-order valence-corrected chi connectivity index (χ1v) is 5.34. The van der Waals surface area contributed by atoms with Gasteiger partial charge in [0.2, 0.25) is 0 Å². The molecule has 0 fully saturated rings. The third-order valence-electron chi connectivity index (χ3n) is 2.54. The highest BCUT2D eigenvalue weighted by Crippen LogP contribution is 2.24. The SMILES string of the molecule is COc1ccc(NC(=O)c2ccnn2C)cc1N. The van der Waals surface area contributed by atoms with Crippen LogP contribution in [0, 0.1) is 0 Å². The van der Waals surface area contributed by atoms with E-state index in [9.17, 15) is 4.79 Å². The Morgan fingerprint density at radius 2 is 2.22 bits per heavy atom. The van der Waals surface area contributed by atoms with E-state index >= 15 is 0 Å². The molecule has 3 N–H and O–H groups in total. The zero-order valence-electron chi connectivity index (χ0n) is 10.2. The Balaban J connectivity index is 2.17. The number of anilines is 2. The Hall–Kier alpha value is -2.50. The number of hydrogen-bond donors (Lipinski definition) is 2. The molecule has 18 heavy (non-hydrogen) atoms. The third-order valence-corrected chi connectivity index (χ3v) is 2.54. The lowest BCUT2D eigenvalue weighted by Gasteiger charge is -2.08. The van der Waals surface area contributed by atoms with Crippen molar-refractivity contribution in [3.63, 3.8) is 0 Å². The maximum atomic E-state index is 11.9. The number of benzene rings is 1. The monoisotopic (exact) mass is 246 g/mol. The van der Waals surface area contributed by atoms with Crippen LogP contribution in [0.25, 0.3) is 0 Å². The van der Waals surface area contributed by atoms with Crippen molar-refractivity contribution in [2.75, 3.05) is 18.2 Å². The van der Waals surface area contributed by atoms with E-state index in [0.29, 0.717) is 22.8 Å². The molecule has 1 aromatic carbocycles. The number of nitrogens with two attached hydrogens (primary N) is 1. The Kier molecular flexibility index (Phi) is 3.18. The minimum atomic E-state index is -0.237. The summed E-state index contributed by atoms with van der Waals surface area (Å²) < 4.78 is 6.55. The highest BCUT2D eigenvalue weighted by Gasteiger charge is 2.10. The van der Waals surface area contributed by atoms with E-state index in [-0.39, 0.29) is 5.91 Å². The molecule has 1 heterocycles. The Morgan fingerprint density at radius 1 is 1.44 bits per heavy atom. The summed E-state index contributed by atoms with van der Waals surface area (Å²) in [7, 11) is 3.25. The van der Waals surface area contributed by atoms with Gasteiger partial charge >= 0.3 is 0 Å². The van der Waals surface area contributed by atoms with Gasteiger partial charge in [0.25, 0.3) is 5.91 Å². The first-order chi connectivity index (χ1) is 8.61. The van der Waals surface area contributed by atoms with Gasteiger partial charge in [-0.2, -0.15) is 5.10 Å². The van der Waals surface area contributed by atoms with Gasteiger partial charge in [-0.15, -0.1) is 0 Å². The second-order valence-corrected chi connectivity index (χ2v) is 3.75. The average Bonchev–Trinajstić information content (AvgIpc) is 2.76. The zero-order chi connectivity index (χ0) is 13.1. The Morgan fingerprint density at radius 3 is 2.78 bits per heavy atom. The number of ether oxygens (including phenoxy) is 1. The molecule has 0 spiro atoms. The minimum absolute atomic E-state index is 0.237. The van der Waals surface area contributed by atoms with Gasteiger partial charge < -0.3 is 15.8 Å². The van der Waals surface area contributed by atoms with Crippen LogP contribution in [0.4, 0.5) is 11.4 Å². The van der Waals surface area contributed by atoms with Crippen molar-refractivity contribution < 1.29 is 9.53 Å². The van der Waals surface area contributed by atoms with Crippen LogP contribution in [0.5, 0.6) is 5.75 Å². The summed E-state index contributed by atoms with van der Waals surface area (Å²) in [5, 5.41) is 6.68. The summed E-state index contributed by atoms with van der Waals surface area (Å²) in [4.78, 5) is 11.9. The normalized spacial score (nSPS) is 10.1.